The highest BCUT2D eigenvalue weighted by molar-refractivity contribution is 7.95. The van der Waals surface area contributed by atoms with E-state index in [0.29, 0.717) is 40.8 Å². The third-order valence-electron chi connectivity index (χ3n) is 11.1. The average Bonchev–Trinajstić information content (AvgIpc) is 4.26. The maximum absolute atomic E-state index is 12.8. The van der Waals surface area contributed by atoms with Crippen LogP contribution < -0.4 is 15.2 Å². The lowest BCUT2D eigenvalue weighted by Gasteiger charge is -2.12. The number of ether oxygens (including phenoxy) is 2. The van der Waals surface area contributed by atoms with Gasteiger partial charge in [-0.2, -0.15) is 35.5 Å². The summed E-state index contributed by atoms with van der Waals surface area (Å²) in [6.07, 6.45) is -0.786. The number of aryl methyl sites for hydroxylation is 2. The number of hydrogen-bond acceptors (Lipinski definition) is 30. The molecule has 1 aliphatic rings. The van der Waals surface area contributed by atoms with Crippen LogP contribution in [0.2, 0.25) is 0 Å². The van der Waals surface area contributed by atoms with E-state index < -0.39 is 75.8 Å². The fraction of sp³-hybridized carbons (Fsp3) is 0.209. The molecular formula is C43H41N9O22S6. The molecule has 0 aliphatic heterocycles. The van der Waals surface area contributed by atoms with Crippen LogP contribution in [-0.2, 0) is 67.9 Å². The lowest BCUT2D eigenvalue weighted by Crippen LogP contribution is -2.15. The van der Waals surface area contributed by atoms with Crippen molar-refractivity contribution in [2.24, 2.45) is 40.9 Å². The molecule has 0 amide bonds. The Balaban J connectivity index is 1.16. The van der Waals surface area contributed by atoms with Gasteiger partial charge >= 0.3 is 20.8 Å². The van der Waals surface area contributed by atoms with E-state index in [2.05, 4.69) is 63.7 Å². The summed E-state index contributed by atoms with van der Waals surface area (Å²) in [5.74, 6) is -1.71. The summed E-state index contributed by atoms with van der Waals surface area (Å²) >= 11 is 0.774. The molecule has 0 heterocycles. The lowest BCUT2D eigenvalue weighted by atomic mass is 10.1. The predicted molar refractivity (Wildman–Crippen MR) is 280 cm³/mol. The van der Waals surface area contributed by atoms with E-state index in [4.69, 9.17) is 39.2 Å². The summed E-state index contributed by atoms with van der Waals surface area (Å²) in [5.41, 5.74) is 7.88. The first-order valence-corrected chi connectivity index (χ1v) is 29.2. The highest BCUT2D eigenvalue weighted by Gasteiger charge is 2.43. The van der Waals surface area contributed by atoms with E-state index in [-0.39, 0.29) is 94.6 Å². The molecular weight excluding hydrogens is 1190 g/mol. The average molecular weight is 1230 g/mol. The highest BCUT2D eigenvalue weighted by Crippen LogP contribution is 2.50. The smallest absolute Gasteiger partial charge is 0.397 e. The van der Waals surface area contributed by atoms with Crippen LogP contribution in [0.15, 0.2) is 139 Å². The van der Waals surface area contributed by atoms with Crippen LogP contribution >= 0.6 is 24.1 Å². The van der Waals surface area contributed by atoms with Crippen LogP contribution in [0.1, 0.15) is 29.0 Å². The second-order valence-corrected chi connectivity index (χ2v) is 23.5. The quantitative estimate of drug-likeness (QED) is 0.00699. The van der Waals surface area contributed by atoms with Crippen molar-refractivity contribution in [3.63, 3.8) is 0 Å². The summed E-state index contributed by atoms with van der Waals surface area (Å²) in [4.78, 5) is -0.998. The van der Waals surface area contributed by atoms with Gasteiger partial charge < -0.3 is 20.3 Å². The summed E-state index contributed by atoms with van der Waals surface area (Å²) in [5, 5.41) is 71.4. The Morgan fingerprint density at radius 1 is 0.600 bits per heavy atom. The van der Waals surface area contributed by atoms with E-state index in [0.717, 1.165) is 18.2 Å². The highest BCUT2D eigenvalue weighted by atomic mass is 32.3. The Hall–Kier alpha value is -6.76. The minimum absolute atomic E-state index is 0.00136. The normalized spacial score (nSPS) is 15.3. The molecule has 0 radical (unpaired) electrons. The molecule has 1 saturated carbocycles. The summed E-state index contributed by atoms with van der Waals surface area (Å²) in [6, 6.07) is 17.4. The van der Waals surface area contributed by atoms with Gasteiger partial charge in [0.05, 0.1) is 88.5 Å². The Morgan fingerprint density at radius 2 is 1.15 bits per heavy atom. The van der Waals surface area contributed by atoms with Gasteiger partial charge in [0.25, 0.3) is 10.1 Å². The summed E-state index contributed by atoms with van der Waals surface area (Å²) < 4.78 is 151. The van der Waals surface area contributed by atoms with Crippen LogP contribution in [0.3, 0.4) is 0 Å². The van der Waals surface area contributed by atoms with E-state index in [1.165, 1.54) is 74.9 Å². The van der Waals surface area contributed by atoms with Crippen molar-refractivity contribution in [2.45, 2.75) is 51.9 Å². The number of azo groups is 4. The Labute approximate surface area is 461 Å². The molecule has 2 unspecified atom stereocenters. The first kappa shape index (κ1) is 60.9. The van der Waals surface area contributed by atoms with E-state index in [1.54, 1.807) is 13.8 Å². The fourth-order valence-corrected chi connectivity index (χ4v) is 11.0. The van der Waals surface area contributed by atoms with E-state index in [1.807, 2.05) is 0 Å². The topological polar surface area (TPSA) is 457 Å². The Kier molecular flexibility index (Phi) is 19.3. The van der Waals surface area contributed by atoms with Gasteiger partial charge in [-0.25, -0.2) is 27.3 Å². The van der Waals surface area contributed by atoms with Gasteiger partial charge in [-0.1, -0.05) is 16.1 Å². The third-order valence-corrected chi connectivity index (χ3v) is 15.9. The standard InChI is InChI=1S/C43H41N9O22S6/c1-21-13-33(36(67-3)19-31(21)47-45-29-10-6-24(16-38(29)75-73-71-54)77(56,57)12-11-69-79(61,62)63)49-51-41-27-18-39(76-74-72-55)42(43(53)25(27)7-8-28(41)44)52-50-34-14-22(2)32(20-37(34)68-4)48-46-30-9-5-23(15-40(30)78(58,59)60)26-17-35(26)70-80(64,65)66/h5-10,13-16,18-20,26,35,53-55H,11-12,17,44H2,1-4H3,(H,58,59,60)(H,61,62,63)(H,64,65,66). The fourth-order valence-electron chi connectivity index (χ4n) is 7.28. The van der Waals surface area contributed by atoms with Crippen molar-refractivity contribution >= 4 is 127 Å². The van der Waals surface area contributed by atoms with Gasteiger partial charge in [-0.05, 0) is 97.6 Å². The Morgan fingerprint density at radius 3 is 1.71 bits per heavy atom. The minimum Gasteiger partial charge on any atom is -0.505 e. The zero-order valence-corrected chi connectivity index (χ0v) is 46.0. The van der Waals surface area contributed by atoms with Crippen LogP contribution in [-0.4, -0.2) is 95.6 Å². The maximum Gasteiger partial charge on any atom is 0.397 e. The molecule has 1 fully saturated rings. The van der Waals surface area contributed by atoms with Gasteiger partial charge in [0, 0.05) is 28.8 Å². The second-order valence-electron chi connectivity index (χ2n) is 16.3. The van der Waals surface area contributed by atoms with E-state index in [9.17, 15) is 43.3 Å². The molecule has 0 spiro atoms. The number of rotatable bonds is 25. The number of benzene rings is 6. The molecule has 0 bridgehead atoms. The molecule has 1 aliphatic carbocycles. The monoisotopic (exact) mass is 1230 g/mol. The first-order chi connectivity index (χ1) is 37.7. The van der Waals surface area contributed by atoms with Gasteiger partial charge in [0.2, 0.25) is 0 Å². The molecule has 7 rings (SSSR count). The van der Waals surface area contributed by atoms with Gasteiger partial charge in [-0.15, -0.1) is 39.4 Å². The molecule has 6 aromatic rings. The number of nitrogens with two attached hydrogens (primary N) is 1. The zero-order chi connectivity index (χ0) is 58.3. The van der Waals surface area contributed by atoms with Crippen LogP contribution in [0.25, 0.3) is 10.8 Å². The number of methoxy groups -OCH3 is 2. The van der Waals surface area contributed by atoms with Crippen molar-refractivity contribution in [1.29, 1.82) is 0 Å². The largest absolute Gasteiger partial charge is 0.505 e. The molecule has 426 valence electrons. The maximum atomic E-state index is 12.8. The number of fused-ring (bicyclic) bond motifs is 1. The third kappa shape index (κ3) is 15.4. The molecule has 8 N–H and O–H groups in total. The van der Waals surface area contributed by atoms with Crippen LogP contribution in [0, 0.1) is 13.8 Å². The Bertz CT molecular complexity index is 3970. The number of phenols is 1. The van der Waals surface area contributed by atoms with Crippen LogP contribution in [0.5, 0.6) is 17.2 Å². The predicted octanol–water partition coefficient (Wildman–Crippen LogP) is 10.8. The number of hydrogen-bond donors (Lipinski definition) is 7. The zero-order valence-electron chi connectivity index (χ0n) is 41.1. The molecule has 37 heteroatoms. The van der Waals surface area contributed by atoms with Crippen molar-refractivity contribution in [3.05, 3.63) is 95.6 Å². The number of phenolic OH excluding ortho intramolecular Hbond substituents is 1. The summed E-state index contributed by atoms with van der Waals surface area (Å²) in [7, 11) is -16.1. The van der Waals surface area contributed by atoms with E-state index >= 15 is 0 Å². The molecule has 31 nitrogen and oxygen atoms in total. The molecule has 2 atom stereocenters. The second kappa shape index (κ2) is 25.4. The summed E-state index contributed by atoms with van der Waals surface area (Å²) in [6.45, 7) is 2.37. The van der Waals surface area contributed by atoms with Crippen molar-refractivity contribution in [1.82, 2.24) is 0 Å². The molecule has 0 saturated heterocycles. The number of anilines is 1. The minimum atomic E-state index is -4.90. The van der Waals surface area contributed by atoms with Crippen molar-refractivity contribution in [3.8, 4) is 17.2 Å². The SMILES string of the molecule is COc1cc(N=Nc2ccc(C3CC3OS(=O)(=O)O)cc2S(=O)(=O)O)c(C)cc1N=Nc1c(SOOO)cc2c(N=Nc3cc(C)c(N=Nc4ccc(S(=O)(=O)CCOS(=O)(=O)O)cc4SOOO)cc3OC)c(N)ccc2c1O. The van der Waals surface area contributed by atoms with Crippen molar-refractivity contribution < 1.29 is 99.5 Å². The molecule has 0 aromatic heterocycles. The number of nitrogens with zero attached hydrogens (tertiary/aromatic N) is 8. The van der Waals surface area contributed by atoms with Gasteiger partial charge in [-0.3, -0.25) is 13.7 Å². The van der Waals surface area contributed by atoms with Gasteiger partial charge in [0.15, 0.2) is 15.6 Å². The first-order valence-electron chi connectivity index (χ1n) is 21.9. The number of aromatic hydroxyl groups is 1. The molecule has 80 heavy (non-hydrogen) atoms. The van der Waals surface area contributed by atoms with Gasteiger partial charge in [0.1, 0.15) is 50.5 Å². The number of sulfone groups is 1. The lowest BCUT2D eigenvalue weighted by molar-refractivity contribution is -0.432. The number of nitrogen functional groups attached to an aromatic ring is 1. The van der Waals surface area contributed by atoms with Crippen molar-refractivity contribution in [2.75, 3.05) is 32.3 Å². The molecule has 6 aromatic carbocycles. The van der Waals surface area contributed by atoms with Crippen LogP contribution in [0.4, 0.5) is 51.2 Å².